The van der Waals surface area contributed by atoms with E-state index in [1.807, 2.05) is 50.2 Å². The molecule has 134 valence electrons. The van der Waals surface area contributed by atoms with Gasteiger partial charge in [0.05, 0.1) is 0 Å². The molecule has 4 aromatic rings. The van der Waals surface area contributed by atoms with E-state index in [4.69, 9.17) is 0 Å². The second kappa shape index (κ2) is 6.55. The second-order valence-corrected chi connectivity index (χ2v) is 7.13. The number of hydrogen-bond donors (Lipinski definition) is 0. The first kappa shape index (κ1) is 17.3. The molecule has 0 saturated carbocycles. The Bertz CT molecular complexity index is 1210. The summed E-state index contributed by atoms with van der Waals surface area (Å²) in [4.78, 5) is 13.1. The Hall–Kier alpha value is -3.13. The fraction of sp³-hybridized carbons (Fsp3) is 0.160. The van der Waals surface area contributed by atoms with Gasteiger partial charge >= 0.3 is 0 Å². The predicted molar refractivity (Wildman–Crippen MR) is 114 cm³/mol. The average molecular weight is 353 g/mol. The number of ketones is 1. The smallest absolute Gasteiger partial charge is 0.193 e. The van der Waals surface area contributed by atoms with E-state index in [1.54, 1.807) is 0 Å². The van der Waals surface area contributed by atoms with Crippen molar-refractivity contribution in [1.29, 1.82) is 0 Å². The van der Waals surface area contributed by atoms with Crippen LogP contribution >= 0.6 is 0 Å². The van der Waals surface area contributed by atoms with E-state index in [2.05, 4.69) is 42.3 Å². The Kier molecular flexibility index (Phi) is 4.19. The van der Waals surface area contributed by atoms with Gasteiger partial charge in [0, 0.05) is 39.5 Å². The lowest BCUT2D eigenvalue weighted by Gasteiger charge is -2.06. The van der Waals surface area contributed by atoms with Crippen LogP contribution in [0.3, 0.4) is 0 Å². The molecule has 0 unspecified atom stereocenters. The van der Waals surface area contributed by atoms with Gasteiger partial charge in [0.1, 0.15) is 0 Å². The number of allylic oxidation sites excluding steroid dienone is 1. The van der Waals surface area contributed by atoms with Gasteiger partial charge in [-0.3, -0.25) is 4.79 Å². The van der Waals surface area contributed by atoms with E-state index < -0.39 is 0 Å². The van der Waals surface area contributed by atoms with Crippen LogP contribution in [0.1, 0.15) is 40.9 Å². The van der Waals surface area contributed by atoms with Crippen molar-refractivity contribution in [2.45, 2.75) is 27.3 Å². The molecular weight excluding hydrogens is 330 g/mol. The van der Waals surface area contributed by atoms with E-state index in [1.165, 1.54) is 10.9 Å². The third-order valence-electron chi connectivity index (χ3n) is 5.33. The molecule has 2 heteroatoms. The minimum absolute atomic E-state index is 0.0726. The quantitative estimate of drug-likeness (QED) is 0.390. The normalized spacial score (nSPS) is 11.2. The number of rotatable bonds is 4. The summed E-state index contributed by atoms with van der Waals surface area (Å²) in [5.41, 5.74) is 7.02. The topological polar surface area (TPSA) is 22.0 Å². The maximum Gasteiger partial charge on any atom is 0.193 e. The lowest BCUT2D eigenvalue weighted by molar-refractivity contribution is 0.103. The zero-order valence-electron chi connectivity index (χ0n) is 16.0. The molecule has 0 N–H and O–H groups in total. The molecule has 0 amide bonds. The number of aryl methyl sites for hydroxylation is 2. The number of aromatic nitrogens is 1. The van der Waals surface area contributed by atoms with Crippen molar-refractivity contribution in [1.82, 2.24) is 4.57 Å². The van der Waals surface area contributed by atoms with E-state index in [9.17, 15) is 4.79 Å². The van der Waals surface area contributed by atoms with Crippen LogP contribution in [0.15, 0.2) is 67.2 Å². The average Bonchev–Trinajstić information content (AvgIpc) is 3.00. The number of fused-ring (bicyclic) bond motifs is 3. The molecule has 0 radical (unpaired) electrons. The maximum absolute atomic E-state index is 13.1. The van der Waals surface area contributed by atoms with Crippen LogP contribution in [0.2, 0.25) is 0 Å². The molecule has 4 rings (SSSR count). The number of carbonyl (C=O) groups is 1. The maximum atomic E-state index is 13.1. The van der Waals surface area contributed by atoms with Crippen molar-refractivity contribution in [2.75, 3.05) is 0 Å². The van der Waals surface area contributed by atoms with Gasteiger partial charge in [-0.1, -0.05) is 42.5 Å². The highest BCUT2D eigenvalue weighted by molar-refractivity contribution is 6.15. The largest absolute Gasteiger partial charge is 0.341 e. The zero-order chi connectivity index (χ0) is 19.1. The molecule has 0 aliphatic carbocycles. The van der Waals surface area contributed by atoms with Crippen LogP contribution in [0.5, 0.6) is 0 Å². The van der Waals surface area contributed by atoms with Crippen molar-refractivity contribution < 1.29 is 4.79 Å². The summed E-state index contributed by atoms with van der Waals surface area (Å²) < 4.78 is 2.30. The molecule has 2 nitrogen and oxygen atoms in total. The molecule has 0 aliphatic heterocycles. The summed E-state index contributed by atoms with van der Waals surface area (Å²) in [6, 6.07) is 20.3. The standard InChI is InChI=1S/C25H23NO/c1-5-26-23-12-10-18(16(2)3)14-21(23)22-15-19(11-13-24(22)26)25(27)20-9-7-6-8-17(20)4/h6-15H,2,5H2,1,3-4H3. The summed E-state index contributed by atoms with van der Waals surface area (Å²) in [5.74, 6) is 0.0726. The third-order valence-corrected chi connectivity index (χ3v) is 5.33. The van der Waals surface area contributed by atoms with Crippen molar-refractivity contribution >= 4 is 33.2 Å². The van der Waals surface area contributed by atoms with Crippen LogP contribution < -0.4 is 0 Å². The molecule has 27 heavy (non-hydrogen) atoms. The van der Waals surface area contributed by atoms with Crippen molar-refractivity contribution in [3.63, 3.8) is 0 Å². The first-order valence-corrected chi connectivity index (χ1v) is 9.33. The Balaban J connectivity index is 1.97. The molecule has 0 bridgehead atoms. The summed E-state index contributed by atoms with van der Waals surface area (Å²) in [6.07, 6.45) is 0. The number of nitrogens with zero attached hydrogens (tertiary/aromatic N) is 1. The fourth-order valence-electron chi connectivity index (χ4n) is 3.83. The SMILES string of the molecule is C=C(C)c1ccc2c(c1)c1cc(C(=O)c3ccccc3C)ccc1n2CC. The zero-order valence-corrected chi connectivity index (χ0v) is 16.0. The van der Waals surface area contributed by atoms with Crippen LogP contribution in [0.4, 0.5) is 0 Å². The third kappa shape index (κ3) is 2.78. The highest BCUT2D eigenvalue weighted by atomic mass is 16.1. The number of hydrogen-bond acceptors (Lipinski definition) is 1. The van der Waals surface area contributed by atoms with E-state index in [0.717, 1.165) is 45.3 Å². The lowest BCUT2D eigenvalue weighted by atomic mass is 9.97. The lowest BCUT2D eigenvalue weighted by Crippen LogP contribution is -2.03. The van der Waals surface area contributed by atoms with Gasteiger partial charge in [-0.05, 0) is 62.2 Å². The Labute approximate surface area is 159 Å². The predicted octanol–water partition coefficient (Wildman–Crippen LogP) is 6.39. The summed E-state index contributed by atoms with van der Waals surface area (Å²) >= 11 is 0. The van der Waals surface area contributed by atoms with Gasteiger partial charge in [0.15, 0.2) is 5.78 Å². The molecular formula is C25H23NO. The molecule has 0 saturated heterocycles. The Morgan fingerprint density at radius 2 is 1.52 bits per heavy atom. The molecule has 0 fully saturated rings. The van der Waals surface area contributed by atoms with E-state index >= 15 is 0 Å². The summed E-state index contributed by atoms with van der Waals surface area (Å²) in [5, 5.41) is 2.29. The second-order valence-electron chi connectivity index (χ2n) is 7.13. The van der Waals surface area contributed by atoms with Crippen LogP contribution in [0.25, 0.3) is 27.4 Å². The Morgan fingerprint density at radius 1 is 0.926 bits per heavy atom. The van der Waals surface area contributed by atoms with Gasteiger partial charge in [-0.2, -0.15) is 0 Å². The van der Waals surface area contributed by atoms with E-state index in [0.29, 0.717) is 0 Å². The van der Waals surface area contributed by atoms with Gasteiger partial charge in [-0.15, -0.1) is 0 Å². The highest BCUT2D eigenvalue weighted by Crippen LogP contribution is 2.32. The van der Waals surface area contributed by atoms with Crippen molar-refractivity contribution in [3.8, 4) is 0 Å². The van der Waals surface area contributed by atoms with Gasteiger partial charge in [0.2, 0.25) is 0 Å². The van der Waals surface area contributed by atoms with Gasteiger partial charge in [0.25, 0.3) is 0 Å². The Morgan fingerprint density at radius 3 is 2.11 bits per heavy atom. The summed E-state index contributed by atoms with van der Waals surface area (Å²) in [6.45, 7) is 11.1. The van der Waals surface area contributed by atoms with Crippen molar-refractivity contribution in [3.05, 3.63) is 89.5 Å². The van der Waals surface area contributed by atoms with Crippen LogP contribution in [-0.4, -0.2) is 10.4 Å². The molecule has 0 spiro atoms. The molecule has 1 aromatic heterocycles. The minimum atomic E-state index is 0.0726. The molecule has 0 aliphatic rings. The molecule has 1 heterocycles. The van der Waals surface area contributed by atoms with Crippen LogP contribution in [-0.2, 0) is 6.54 Å². The number of carbonyl (C=O) groups excluding carboxylic acids is 1. The van der Waals surface area contributed by atoms with Crippen LogP contribution in [0, 0.1) is 6.92 Å². The summed E-state index contributed by atoms with van der Waals surface area (Å²) in [7, 11) is 0. The molecule has 3 aromatic carbocycles. The van der Waals surface area contributed by atoms with Gasteiger partial charge < -0.3 is 4.57 Å². The highest BCUT2D eigenvalue weighted by Gasteiger charge is 2.15. The minimum Gasteiger partial charge on any atom is -0.341 e. The first-order chi connectivity index (χ1) is 13.0. The monoisotopic (exact) mass is 353 g/mol. The van der Waals surface area contributed by atoms with E-state index in [-0.39, 0.29) is 5.78 Å². The number of benzene rings is 3. The fourth-order valence-corrected chi connectivity index (χ4v) is 3.83. The van der Waals surface area contributed by atoms with Crippen molar-refractivity contribution in [2.24, 2.45) is 0 Å². The molecule has 0 atom stereocenters. The first-order valence-electron chi connectivity index (χ1n) is 9.33. The van der Waals surface area contributed by atoms with Gasteiger partial charge in [-0.25, -0.2) is 0 Å².